The summed E-state index contributed by atoms with van der Waals surface area (Å²) < 4.78 is 1.79. The standard InChI is InChI=1S/C19H24ClN5/c1-3-24(4-2)11-6-10-21-18-9-12-25-19(23-18)17(14-22-25)15-7-5-8-16(20)13-15/h5,7-9,12-14H,3-4,6,10-11H2,1-2H3,(H,21,23). The van der Waals surface area contributed by atoms with Crippen LogP contribution < -0.4 is 5.32 Å². The van der Waals surface area contributed by atoms with Crippen LogP contribution in [0.25, 0.3) is 16.8 Å². The van der Waals surface area contributed by atoms with Gasteiger partial charge in [-0.15, -0.1) is 0 Å². The summed E-state index contributed by atoms with van der Waals surface area (Å²) in [5, 5.41) is 8.51. The molecule has 6 heteroatoms. The summed E-state index contributed by atoms with van der Waals surface area (Å²) in [5.41, 5.74) is 2.83. The van der Waals surface area contributed by atoms with E-state index in [1.54, 1.807) is 4.52 Å². The van der Waals surface area contributed by atoms with Gasteiger partial charge in [0.25, 0.3) is 0 Å². The molecule has 0 aliphatic heterocycles. The van der Waals surface area contributed by atoms with Gasteiger partial charge < -0.3 is 10.2 Å². The summed E-state index contributed by atoms with van der Waals surface area (Å²) in [6.07, 6.45) is 4.86. The normalized spacial score (nSPS) is 11.4. The topological polar surface area (TPSA) is 45.5 Å². The van der Waals surface area contributed by atoms with Crippen molar-refractivity contribution in [1.29, 1.82) is 0 Å². The summed E-state index contributed by atoms with van der Waals surface area (Å²) in [6.45, 7) is 8.59. The second-order valence-corrected chi connectivity index (χ2v) is 6.39. The Morgan fingerprint density at radius 2 is 2.04 bits per heavy atom. The molecule has 1 aromatic carbocycles. The van der Waals surface area contributed by atoms with Crippen molar-refractivity contribution in [3.8, 4) is 11.1 Å². The number of fused-ring (bicyclic) bond motifs is 1. The van der Waals surface area contributed by atoms with Gasteiger partial charge in [-0.2, -0.15) is 5.10 Å². The zero-order chi connectivity index (χ0) is 17.6. The van der Waals surface area contributed by atoms with Gasteiger partial charge in [0.1, 0.15) is 5.82 Å². The lowest BCUT2D eigenvalue weighted by atomic mass is 10.1. The van der Waals surface area contributed by atoms with Gasteiger partial charge in [0, 0.05) is 23.3 Å². The maximum atomic E-state index is 6.11. The largest absolute Gasteiger partial charge is 0.370 e. The predicted octanol–water partition coefficient (Wildman–Crippen LogP) is 4.19. The Morgan fingerprint density at radius 1 is 1.20 bits per heavy atom. The van der Waals surface area contributed by atoms with Crippen molar-refractivity contribution in [2.45, 2.75) is 20.3 Å². The SMILES string of the molecule is CCN(CC)CCCNc1ccn2ncc(-c3cccc(Cl)c3)c2n1. The molecule has 0 amide bonds. The van der Waals surface area contributed by atoms with Gasteiger partial charge in [-0.05, 0) is 49.8 Å². The molecule has 1 N–H and O–H groups in total. The molecule has 3 rings (SSSR count). The van der Waals surface area contributed by atoms with Crippen molar-refractivity contribution < 1.29 is 0 Å². The fourth-order valence-electron chi connectivity index (χ4n) is 2.89. The van der Waals surface area contributed by atoms with Crippen LogP contribution in [0.3, 0.4) is 0 Å². The number of aromatic nitrogens is 3. The van der Waals surface area contributed by atoms with Gasteiger partial charge in [-0.25, -0.2) is 9.50 Å². The molecule has 0 saturated heterocycles. The van der Waals surface area contributed by atoms with Crippen LogP contribution in [0.2, 0.25) is 5.02 Å². The summed E-state index contributed by atoms with van der Waals surface area (Å²) >= 11 is 6.11. The first-order chi connectivity index (χ1) is 12.2. The molecule has 25 heavy (non-hydrogen) atoms. The lowest BCUT2D eigenvalue weighted by molar-refractivity contribution is 0.303. The highest BCUT2D eigenvalue weighted by Crippen LogP contribution is 2.26. The molecule has 0 aliphatic carbocycles. The monoisotopic (exact) mass is 357 g/mol. The first-order valence-electron chi connectivity index (χ1n) is 8.77. The van der Waals surface area contributed by atoms with E-state index in [2.05, 4.69) is 29.2 Å². The molecular formula is C19H24ClN5. The number of nitrogens with one attached hydrogen (secondary N) is 1. The summed E-state index contributed by atoms with van der Waals surface area (Å²) in [7, 11) is 0. The van der Waals surface area contributed by atoms with Crippen molar-refractivity contribution in [2.24, 2.45) is 0 Å². The molecule has 0 bridgehead atoms. The van der Waals surface area contributed by atoms with Gasteiger partial charge in [-0.3, -0.25) is 0 Å². The number of rotatable bonds is 8. The maximum Gasteiger partial charge on any atom is 0.165 e. The molecule has 0 fully saturated rings. The molecule has 0 radical (unpaired) electrons. The Kier molecular flexibility index (Phi) is 5.89. The van der Waals surface area contributed by atoms with Crippen molar-refractivity contribution in [2.75, 3.05) is 31.5 Å². The number of halogens is 1. The van der Waals surface area contributed by atoms with E-state index in [4.69, 9.17) is 16.6 Å². The van der Waals surface area contributed by atoms with Gasteiger partial charge in [0.2, 0.25) is 0 Å². The third-order valence-corrected chi connectivity index (χ3v) is 4.59. The van der Waals surface area contributed by atoms with Crippen LogP contribution >= 0.6 is 11.6 Å². The van der Waals surface area contributed by atoms with Crippen LogP contribution in [0, 0.1) is 0 Å². The Hall–Kier alpha value is -2.11. The molecule has 0 unspecified atom stereocenters. The third-order valence-electron chi connectivity index (χ3n) is 4.36. The number of anilines is 1. The van der Waals surface area contributed by atoms with Gasteiger partial charge in [-0.1, -0.05) is 37.6 Å². The number of hydrogen-bond acceptors (Lipinski definition) is 4. The first kappa shape index (κ1) is 17.7. The molecule has 3 aromatic rings. The van der Waals surface area contributed by atoms with Crippen LogP contribution in [0.1, 0.15) is 20.3 Å². The highest BCUT2D eigenvalue weighted by Gasteiger charge is 2.09. The average Bonchev–Trinajstić information content (AvgIpc) is 3.05. The number of hydrogen-bond donors (Lipinski definition) is 1. The lowest BCUT2D eigenvalue weighted by Crippen LogP contribution is -2.25. The lowest BCUT2D eigenvalue weighted by Gasteiger charge is -2.17. The van der Waals surface area contributed by atoms with Gasteiger partial charge in [0.15, 0.2) is 5.65 Å². The first-order valence-corrected chi connectivity index (χ1v) is 9.15. The summed E-state index contributed by atoms with van der Waals surface area (Å²) in [4.78, 5) is 7.15. The zero-order valence-electron chi connectivity index (χ0n) is 14.7. The average molecular weight is 358 g/mol. The van der Waals surface area contributed by atoms with Crippen LogP contribution in [0.15, 0.2) is 42.7 Å². The second kappa shape index (κ2) is 8.32. The summed E-state index contributed by atoms with van der Waals surface area (Å²) in [6, 6.07) is 9.72. The summed E-state index contributed by atoms with van der Waals surface area (Å²) in [5.74, 6) is 0.871. The minimum Gasteiger partial charge on any atom is -0.370 e. The Morgan fingerprint density at radius 3 is 2.80 bits per heavy atom. The Balaban J connectivity index is 1.72. The minimum atomic E-state index is 0.711. The van der Waals surface area contributed by atoms with Crippen molar-refractivity contribution >= 4 is 23.1 Å². The van der Waals surface area contributed by atoms with Crippen LogP contribution in [0.4, 0.5) is 5.82 Å². The molecule has 132 valence electrons. The second-order valence-electron chi connectivity index (χ2n) is 5.96. The third kappa shape index (κ3) is 4.30. The molecule has 0 atom stereocenters. The van der Waals surface area contributed by atoms with Crippen molar-refractivity contribution in [1.82, 2.24) is 19.5 Å². The van der Waals surface area contributed by atoms with Crippen LogP contribution in [-0.4, -0.2) is 45.7 Å². The van der Waals surface area contributed by atoms with Crippen LogP contribution in [0.5, 0.6) is 0 Å². The van der Waals surface area contributed by atoms with E-state index in [9.17, 15) is 0 Å². The fraction of sp³-hybridized carbons (Fsp3) is 0.368. The molecule has 0 saturated carbocycles. The Bertz CT molecular complexity index is 826. The number of nitrogens with zero attached hydrogens (tertiary/aromatic N) is 4. The number of benzene rings is 1. The van der Waals surface area contributed by atoms with E-state index in [1.165, 1.54) is 0 Å². The van der Waals surface area contributed by atoms with Crippen LogP contribution in [-0.2, 0) is 0 Å². The highest BCUT2D eigenvalue weighted by molar-refractivity contribution is 6.30. The smallest absolute Gasteiger partial charge is 0.165 e. The van der Waals surface area contributed by atoms with Gasteiger partial charge in [0.05, 0.1) is 6.20 Å². The van der Waals surface area contributed by atoms with E-state index in [0.717, 1.165) is 55.2 Å². The van der Waals surface area contributed by atoms with E-state index in [0.29, 0.717) is 5.02 Å². The van der Waals surface area contributed by atoms with Gasteiger partial charge >= 0.3 is 0 Å². The van der Waals surface area contributed by atoms with E-state index in [1.807, 2.05) is 42.7 Å². The molecule has 5 nitrogen and oxygen atoms in total. The van der Waals surface area contributed by atoms with E-state index >= 15 is 0 Å². The quantitative estimate of drug-likeness (QED) is 0.614. The molecule has 2 heterocycles. The maximum absolute atomic E-state index is 6.11. The highest BCUT2D eigenvalue weighted by atomic mass is 35.5. The zero-order valence-corrected chi connectivity index (χ0v) is 15.5. The van der Waals surface area contributed by atoms with Crippen molar-refractivity contribution in [3.05, 3.63) is 47.7 Å². The minimum absolute atomic E-state index is 0.711. The fourth-order valence-corrected chi connectivity index (χ4v) is 3.08. The van der Waals surface area contributed by atoms with E-state index in [-0.39, 0.29) is 0 Å². The molecular weight excluding hydrogens is 334 g/mol. The Labute approximate surface area is 153 Å². The molecule has 0 spiro atoms. The predicted molar refractivity (Wildman–Crippen MR) is 104 cm³/mol. The molecule has 2 aromatic heterocycles. The van der Waals surface area contributed by atoms with E-state index < -0.39 is 0 Å². The molecule has 0 aliphatic rings. The van der Waals surface area contributed by atoms with Crippen molar-refractivity contribution in [3.63, 3.8) is 0 Å².